The molecule has 0 aromatic heterocycles. The number of ether oxygens (including phenoxy) is 1. The molecule has 0 fully saturated rings. The number of nitrogens with one attached hydrogen (secondary N) is 1. The second-order valence-electron chi connectivity index (χ2n) is 4.82. The lowest BCUT2D eigenvalue weighted by molar-refractivity contribution is 0.0973. The first kappa shape index (κ1) is 18.9. The third-order valence-corrected chi connectivity index (χ3v) is 3.97. The van der Waals surface area contributed by atoms with Crippen LogP contribution in [0.25, 0.3) is 0 Å². The fourth-order valence-electron chi connectivity index (χ4n) is 2.02. The van der Waals surface area contributed by atoms with Crippen molar-refractivity contribution in [1.82, 2.24) is 10.2 Å². The summed E-state index contributed by atoms with van der Waals surface area (Å²) in [6, 6.07) is 5.26. The highest BCUT2D eigenvalue weighted by atomic mass is 79.9. The maximum atomic E-state index is 12.3. The monoisotopic (exact) mass is 386 g/mol. The molecule has 0 unspecified atom stereocenters. The van der Waals surface area contributed by atoms with Crippen molar-refractivity contribution < 1.29 is 9.53 Å². The van der Waals surface area contributed by atoms with E-state index >= 15 is 0 Å². The zero-order chi connectivity index (χ0) is 16.5. The largest absolute Gasteiger partial charge is 0.493 e. The first-order chi connectivity index (χ1) is 10.5. The molecule has 1 aromatic carbocycles. The zero-order valence-corrected chi connectivity index (χ0v) is 15.7. The molecule has 0 aliphatic carbocycles. The predicted octanol–water partition coefficient (Wildman–Crippen LogP) is 3.98. The quantitative estimate of drug-likeness (QED) is 0.719. The Morgan fingerprint density at radius 1 is 1.27 bits per heavy atom. The fourth-order valence-corrected chi connectivity index (χ4v) is 2.79. The Bertz CT molecular complexity index is 517. The maximum Gasteiger partial charge on any atom is 0.257 e. The van der Waals surface area contributed by atoms with Crippen LogP contribution < -0.4 is 10.1 Å². The topological polar surface area (TPSA) is 41.6 Å². The number of amides is 1. The molecule has 1 N–H and O–H groups in total. The predicted molar refractivity (Wildman–Crippen MR) is 97.5 cm³/mol. The molecule has 0 heterocycles. The van der Waals surface area contributed by atoms with Crippen molar-refractivity contribution in [1.29, 1.82) is 0 Å². The number of halogens is 1. The van der Waals surface area contributed by atoms with Crippen molar-refractivity contribution in [3.8, 4) is 5.75 Å². The average Bonchev–Trinajstić information content (AvgIpc) is 2.49. The second kappa shape index (κ2) is 9.79. The molecular formula is C16H23BrN2O2S. The summed E-state index contributed by atoms with van der Waals surface area (Å²) in [5, 5.41) is 3.29. The third-order valence-electron chi connectivity index (χ3n) is 2.99. The minimum Gasteiger partial charge on any atom is -0.493 e. The van der Waals surface area contributed by atoms with E-state index in [2.05, 4.69) is 35.1 Å². The van der Waals surface area contributed by atoms with Crippen LogP contribution in [0.4, 0.5) is 0 Å². The van der Waals surface area contributed by atoms with E-state index < -0.39 is 0 Å². The Morgan fingerprint density at radius 2 is 1.91 bits per heavy atom. The van der Waals surface area contributed by atoms with Gasteiger partial charge < -0.3 is 9.64 Å². The van der Waals surface area contributed by atoms with Crippen molar-refractivity contribution in [3.05, 3.63) is 28.2 Å². The molecule has 1 rings (SSSR count). The number of benzene rings is 1. The van der Waals surface area contributed by atoms with Gasteiger partial charge in [-0.2, -0.15) is 0 Å². The van der Waals surface area contributed by atoms with E-state index in [4.69, 9.17) is 17.0 Å². The van der Waals surface area contributed by atoms with Crippen LogP contribution in [0.15, 0.2) is 22.7 Å². The van der Waals surface area contributed by atoms with Crippen LogP contribution in [0.2, 0.25) is 0 Å². The van der Waals surface area contributed by atoms with Gasteiger partial charge in [-0.1, -0.05) is 13.8 Å². The lowest BCUT2D eigenvalue weighted by Gasteiger charge is -2.24. The van der Waals surface area contributed by atoms with Crippen molar-refractivity contribution in [2.45, 2.75) is 33.6 Å². The summed E-state index contributed by atoms with van der Waals surface area (Å²) in [5.74, 6) is 0.520. The molecule has 6 heteroatoms. The summed E-state index contributed by atoms with van der Waals surface area (Å²) in [7, 11) is 0. The number of rotatable bonds is 7. The number of carbonyl (C=O) groups is 1. The van der Waals surface area contributed by atoms with Crippen LogP contribution in [-0.2, 0) is 0 Å². The van der Waals surface area contributed by atoms with Gasteiger partial charge in [0.2, 0.25) is 0 Å². The van der Waals surface area contributed by atoms with E-state index in [1.54, 1.807) is 18.2 Å². The van der Waals surface area contributed by atoms with Gasteiger partial charge >= 0.3 is 0 Å². The summed E-state index contributed by atoms with van der Waals surface area (Å²) >= 11 is 8.75. The molecule has 1 aromatic rings. The molecule has 22 heavy (non-hydrogen) atoms. The van der Waals surface area contributed by atoms with Gasteiger partial charge in [-0.05, 0) is 66.1 Å². The summed E-state index contributed by atoms with van der Waals surface area (Å²) in [5.41, 5.74) is 0.547. The van der Waals surface area contributed by atoms with E-state index in [9.17, 15) is 4.79 Å². The Hall–Kier alpha value is -1.14. The van der Waals surface area contributed by atoms with Gasteiger partial charge in [-0.25, -0.2) is 0 Å². The number of carbonyl (C=O) groups excluding carboxylic acids is 1. The summed E-state index contributed by atoms with van der Waals surface area (Å²) in [6.45, 7) is 8.38. The van der Waals surface area contributed by atoms with Gasteiger partial charge in [-0.3, -0.25) is 10.1 Å². The summed E-state index contributed by atoms with van der Waals surface area (Å²) < 4.78 is 6.20. The summed E-state index contributed by atoms with van der Waals surface area (Å²) in [4.78, 5) is 14.3. The Balaban J connectivity index is 2.75. The van der Waals surface area contributed by atoms with Gasteiger partial charge in [0.1, 0.15) is 5.75 Å². The number of thiocarbonyl (C=S) groups is 1. The van der Waals surface area contributed by atoms with E-state index in [0.717, 1.165) is 36.2 Å². The van der Waals surface area contributed by atoms with E-state index in [0.29, 0.717) is 17.3 Å². The van der Waals surface area contributed by atoms with Crippen molar-refractivity contribution in [3.63, 3.8) is 0 Å². The minimum absolute atomic E-state index is 0.203. The Morgan fingerprint density at radius 3 is 2.41 bits per heavy atom. The highest BCUT2D eigenvalue weighted by Crippen LogP contribution is 2.25. The molecule has 0 saturated heterocycles. The average molecular weight is 387 g/mol. The first-order valence-corrected chi connectivity index (χ1v) is 8.76. The van der Waals surface area contributed by atoms with Gasteiger partial charge in [0.15, 0.2) is 5.11 Å². The number of hydrogen-bond donors (Lipinski definition) is 1. The molecule has 0 aliphatic rings. The molecular weight excluding hydrogens is 364 g/mol. The Labute approximate surface area is 146 Å². The van der Waals surface area contributed by atoms with Crippen LogP contribution in [0.5, 0.6) is 5.75 Å². The van der Waals surface area contributed by atoms with Crippen molar-refractivity contribution in [2.75, 3.05) is 19.7 Å². The number of nitrogens with zero attached hydrogens (tertiary/aromatic N) is 1. The van der Waals surface area contributed by atoms with Crippen LogP contribution >= 0.6 is 28.1 Å². The molecule has 0 radical (unpaired) electrons. The lowest BCUT2D eigenvalue weighted by Crippen LogP contribution is -2.43. The highest BCUT2D eigenvalue weighted by molar-refractivity contribution is 9.10. The molecule has 4 nitrogen and oxygen atoms in total. The molecule has 0 atom stereocenters. The smallest absolute Gasteiger partial charge is 0.257 e. The third kappa shape index (κ3) is 5.57. The van der Waals surface area contributed by atoms with E-state index in [1.807, 2.05) is 11.8 Å². The maximum absolute atomic E-state index is 12.3. The summed E-state index contributed by atoms with van der Waals surface area (Å²) in [6.07, 6.45) is 1.98. The molecule has 0 saturated carbocycles. The van der Waals surface area contributed by atoms with Crippen molar-refractivity contribution >= 4 is 39.2 Å². The van der Waals surface area contributed by atoms with Gasteiger partial charge in [0.05, 0.1) is 11.1 Å². The molecule has 0 bridgehead atoms. The lowest BCUT2D eigenvalue weighted by atomic mass is 10.2. The fraction of sp³-hybridized carbons (Fsp3) is 0.500. The molecule has 0 aliphatic heterocycles. The second-order valence-corrected chi connectivity index (χ2v) is 6.07. The highest BCUT2D eigenvalue weighted by Gasteiger charge is 2.14. The van der Waals surface area contributed by atoms with Crippen LogP contribution in [0, 0.1) is 0 Å². The van der Waals surface area contributed by atoms with Crippen LogP contribution in [-0.4, -0.2) is 35.6 Å². The van der Waals surface area contributed by atoms with Crippen LogP contribution in [0.1, 0.15) is 44.0 Å². The zero-order valence-electron chi connectivity index (χ0n) is 13.3. The molecule has 122 valence electrons. The van der Waals surface area contributed by atoms with Gasteiger partial charge in [-0.15, -0.1) is 0 Å². The van der Waals surface area contributed by atoms with Gasteiger partial charge in [0.25, 0.3) is 5.91 Å². The Kier molecular flexibility index (Phi) is 8.42. The SMILES string of the molecule is CCCN(CCC)C(=S)NC(=O)c1ccc(OCC)c(Br)c1. The minimum atomic E-state index is -0.203. The molecule has 1 amide bonds. The molecule has 0 spiro atoms. The standard InChI is InChI=1S/C16H23BrN2O2S/c1-4-9-19(10-5-2)16(22)18-15(20)12-7-8-14(21-6-3)13(17)11-12/h7-8,11H,4-6,9-10H2,1-3H3,(H,18,20,22). The van der Waals surface area contributed by atoms with Crippen molar-refractivity contribution in [2.24, 2.45) is 0 Å². The van der Waals surface area contributed by atoms with Gasteiger partial charge in [0, 0.05) is 18.7 Å². The van der Waals surface area contributed by atoms with E-state index in [-0.39, 0.29) is 5.91 Å². The first-order valence-electron chi connectivity index (χ1n) is 7.56. The number of hydrogen-bond acceptors (Lipinski definition) is 3. The normalized spacial score (nSPS) is 10.2. The van der Waals surface area contributed by atoms with E-state index in [1.165, 1.54) is 0 Å². The van der Waals surface area contributed by atoms with Crippen LogP contribution in [0.3, 0.4) is 0 Å².